The van der Waals surface area contributed by atoms with Gasteiger partial charge in [0.25, 0.3) is 0 Å². The van der Waals surface area contributed by atoms with Crippen LogP contribution < -0.4 is 4.74 Å². The molecule has 8 heteroatoms. The molecule has 0 atom stereocenters. The van der Waals surface area contributed by atoms with E-state index < -0.39 is 10.0 Å². The molecule has 0 unspecified atom stereocenters. The average Bonchev–Trinajstić information content (AvgIpc) is 3.37. The first kappa shape index (κ1) is 24.0. The summed E-state index contributed by atoms with van der Waals surface area (Å²) >= 11 is 0. The second-order valence-electron chi connectivity index (χ2n) is 8.66. The average molecular weight is 501 g/mol. The van der Waals surface area contributed by atoms with Gasteiger partial charge in [-0.25, -0.2) is 13.1 Å². The van der Waals surface area contributed by atoms with Crippen molar-refractivity contribution in [1.29, 1.82) is 0 Å². The van der Waals surface area contributed by atoms with Crippen molar-refractivity contribution in [2.24, 2.45) is 4.99 Å². The van der Waals surface area contributed by atoms with Gasteiger partial charge in [-0.15, -0.1) is 0 Å². The summed E-state index contributed by atoms with van der Waals surface area (Å²) in [7, 11) is -1.82. The third kappa shape index (κ3) is 5.10. The van der Waals surface area contributed by atoms with Crippen LogP contribution >= 0.6 is 0 Å². The highest BCUT2D eigenvalue weighted by Crippen LogP contribution is 2.26. The Labute approximate surface area is 211 Å². The van der Waals surface area contributed by atoms with Crippen LogP contribution in [-0.2, 0) is 10.0 Å². The van der Waals surface area contributed by atoms with E-state index in [1.54, 1.807) is 41.9 Å². The molecule has 184 valence electrons. The number of hydrogen-bond donors (Lipinski definition) is 0. The molecule has 1 fully saturated rings. The molecule has 0 bridgehead atoms. The van der Waals surface area contributed by atoms with Crippen molar-refractivity contribution in [3.8, 4) is 22.7 Å². The van der Waals surface area contributed by atoms with Gasteiger partial charge in [0.2, 0.25) is 10.0 Å². The van der Waals surface area contributed by atoms with Crippen LogP contribution in [0.25, 0.3) is 16.9 Å². The zero-order chi connectivity index (χ0) is 25.0. The molecule has 0 aliphatic carbocycles. The molecular formula is C28H28N4O3S. The standard InChI is InChI=1S/C28H28N4O3S/c1-35-26-14-10-22(11-15-26)28-23(21-32(30-28)25-8-4-2-5-9-25)20-29-24-12-16-27(17-13-24)36(33,34)31-18-6-3-7-19-31/h2,4-5,8-17,20-21H,3,6-7,18-19H2,1H3. The van der Waals surface area contributed by atoms with E-state index in [0.29, 0.717) is 23.7 Å². The lowest BCUT2D eigenvalue weighted by Crippen LogP contribution is -2.35. The molecule has 0 N–H and O–H groups in total. The molecule has 2 heterocycles. The van der Waals surface area contributed by atoms with Crippen LogP contribution in [0.5, 0.6) is 5.75 Å². The largest absolute Gasteiger partial charge is 0.497 e. The minimum atomic E-state index is -3.46. The topological polar surface area (TPSA) is 76.8 Å². The highest BCUT2D eigenvalue weighted by Gasteiger charge is 2.25. The fourth-order valence-corrected chi connectivity index (χ4v) is 5.79. The van der Waals surface area contributed by atoms with Crippen molar-refractivity contribution in [3.63, 3.8) is 0 Å². The molecule has 0 saturated carbocycles. The zero-order valence-electron chi connectivity index (χ0n) is 20.1. The summed E-state index contributed by atoms with van der Waals surface area (Å²) in [5.41, 5.74) is 4.18. The molecule has 0 radical (unpaired) electrons. The van der Waals surface area contributed by atoms with Gasteiger partial charge in [-0.3, -0.25) is 4.99 Å². The molecule has 0 amide bonds. The number of aromatic nitrogens is 2. The first-order valence-corrected chi connectivity index (χ1v) is 13.4. The van der Waals surface area contributed by atoms with Crippen LogP contribution in [0, 0.1) is 0 Å². The van der Waals surface area contributed by atoms with E-state index in [1.165, 1.54) is 0 Å². The van der Waals surface area contributed by atoms with Gasteiger partial charge < -0.3 is 4.74 Å². The maximum absolute atomic E-state index is 12.9. The molecule has 1 aliphatic heterocycles. The van der Waals surface area contributed by atoms with E-state index in [4.69, 9.17) is 9.84 Å². The molecule has 0 spiro atoms. The normalized spacial score (nSPS) is 14.8. The monoisotopic (exact) mass is 500 g/mol. The van der Waals surface area contributed by atoms with Gasteiger partial charge in [0.1, 0.15) is 11.4 Å². The molecule has 1 saturated heterocycles. The lowest BCUT2D eigenvalue weighted by molar-refractivity contribution is 0.346. The number of piperidine rings is 1. The Kier molecular flexibility index (Phi) is 6.97. The summed E-state index contributed by atoms with van der Waals surface area (Å²) < 4.78 is 34.6. The molecular weight excluding hydrogens is 472 g/mol. The van der Waals surface area contributed by atoms with Crippen LogP contribution in [0.4, 0.5) is 5.69 Å². The van der Waals surface area contributed by atoms with Crippen molar-refractivity contribution in [1.82, 2.24) is 14.1 Å². The lowest BCUT2D eigenvalue weighted by Gasteiger charge is -2.25. The molecule has 4 aromatic rings. The van der Waals surface area contributed by atoms with Gasteiger partial charge >= 0.3 is 0 Å². The number of sulfonamides is 1. The van der Waals surface area contributed by atoms with Crippen molar-refractivity contribution < 1.29 is 13.2 Å². The summed E-state index contributed by atoms with van der Waals surface area (Å²) in [6.07, 6.45) is 6.61. The Bertz CT molecular complexity index is 1440. The molecule has 5 rings (SSSR count). The summed E-state index contributed by atoms with van der Waals surface area (Å²) in [5.74, 6) is 0.774. The highest BCUT2D eigenvalue weighted by atomic mass is 32.2. The van der Waals surface area contributed by atoms with Crippen LogP contribution in [0.1, 0.15) is 24.8 Å². The fourth-order valence-electron chi connectivity index (χ4n) is 4.27. The Hall–Kier alpha value is -3.75. The van der Waals surface area contributed by atoms with Gasteiger partial charge in [0, 0.05) is 36.6 Å². The predicted molar refractivity (Wildman–Crippen MR) is 142 cm³/mol. The van der Waals surface area contributed by atoms with E-state index in [9.17, 15) is 8.42 Å². The van der Waals surface area contributed by atoms with E-state index in [1.807, 2.05) is 65.5 Å². The van der Waals surface area contributed by atoms with E-state index in [2.05, 4.69) is 4.99 Å². The number of rotatable bonds is 7. The Balaban J connectivity index is 1.44. The van der Waals surface area contributed by atoms with Crippen molar-refractivity contribution >= 4 is 21.9 Å². The third-order valence-electron chi connectivity index (χ3n) is 6.27. The Morgan fingerprint density at radius 2 is 1.58 bits per heavy atom. The van der Waals surface area contributed by atoms with E-state index in [-0.39, 0.29) is 0 Å². The van der Waals surface area contributed by atoms with Crippen LogP contribution in [0.3, 0.4) is 0 Å². The third-order valence-corrected chi connectivity index (χ3v) is 8.18. The van der Waals surface area contributed by atoms with Crippen LogP contribution in [0.2, 0.25) is 0 Å². The fraction of sp³-hybridized carbons (Fsp3) is 0.214. The van der Waals surface area contributed by atoms with Gasteiger partial charge in [-0.05, 0) is 73.5 Å². The van der Waals surface area contributed by atoms with Gasteiger partial charge in [0.15, 0.2) is 0 Å². The molecule has 3 aromatic carbocycles. The SMILES string of the molecule is COc1ccc(-c2nn(-c3ccccc3)cc2C=Nc2ccc(S(=O)(=O)N3CCCCC3)cc2)cc1. The highest BCUT2D eigenvalue weighted by molar-refractivity contribution is 7.89. The smallest absolute Gasteiger partial charge is 0.243 e. The zero-order valence-corrected chi connectivity index (χ0v) is 20.9. The number of para-hydroxylation sites is 1. The number of hydrogen-bond acceptors (Lipinski definition) is 5. The Morgan fingerprint density at radius 3 is 2.25 bits per heavy atom. The first-order chi connectivity index (χ1) is 17.5. The summed E-state index contributed by atoms with van der Waals surface area (Å²) in [4.78, 5) is 4.93. The van der Waals surface area contributed by atoms with E-state index in [0.717, 1.165) is 47.5 Å². The second-order valence-corrected chi connectivity index (χ2v) is 10.6. The molecule has 1 aliphatic rings. The molecule has 7 nitrogen and oxygen atoms in total. The molecule has 1 aromatic heterocycles. The minimum absolute atomic E-state index is 0.305. The maximum Gasteiger partial charge on any atom is 0.243 e. The van der Waals surface area contributed by atoms with Gasteiger partial charge in [0.05, 0.1) is 23.4 Å². The number of methoxy groups -OCH3 is 1. The summed E-state index contributed by atoms with van der Waals surface area (Å²) in [6.45, 7) is 1.17. The summed E-state index contributed by atoms with van der Waals surface area (Å²) in [6, 6.07) is 24.4. The molecule has 36 heavy (non-hydrogen) atoms. The van der Waals surface area contributed by atoms with Crippen molar-refractivity contribution in [2.45, 2.75) is 24.2 Å². The van der Waals surface area contributed by atoms with Crippen LogP contribution in [-0.4, -0.2) is 48.9 Å². The Morgan fingerprint density at radius 1 is 0.889 bits per heavy atom. The minimum Gasteiger partial charge on any atom is -0.497 e. The second kappa shape index (κ2) is 10.5. The number of benzene rings is 3. The maximum atomic E-state index is 12.9. The number of nitrogens with zero attached hydrogens (tertiary/aromatic N) is 4. The van der Waals surface area contributed by atoms with Gasteiger partial charge in [-0.1, -0.05) is 24.6 Å². The summed E-state index contributed by atoms with van der Waals surface area (Å²) in [5, 5.41) is 4.82. The first-order valence-electron chi connectivity index (χ1n) is 12.0. The van der Waals surface area contributed by atoms with Gasteiger partial charge in [-0.2, -0.15) is 9.40 Å². The van der Waals surface area contributed by atoms with Crippen molar-refractivity contribution in [2.75, 3.05) is 20.2 Å². The number of ether oxygens (including phenoxy) is 1. The van der Waals surface area contributed by atoms with E-state index >= 15 is 0 Å². The quantitative estimate of drug-likeness (QED) is 0.315. The lowest BCUT2D eigenvalue weighted by atomic mass is 10.1. The predicted octanol–water partition coefficient (Wildman–Crippen LogP) is 5.47. The van der Waals surface area contributed by atoms with Crippen molar-refractivity contribution in [3.05, 3.63) is 90.6 Å². The van der Waals surface area contributed by atoms with Crippen LogP contribution in [0.15, 0.2) is 94.9 Å². The number of aliphatic imine (C=N–C) groups is 1.